The molecule has 2 nitrogen and oxygen atoms in total. The molecule has 2 rings (SSSR count). The third-order valence-corrected chi connectivity index (χ3v) is 3.06. The molecule has 0 saturated heterocycles. The first kappa shape index (κ1) is 11.2. The highest BCUT2D eigenvalue weighted by Crippen LogP contribution is 2.22. The van der Waals surface area contributed by atoms with Gasteiger partial charge >= 0.3 is 0 Å². The first-order valence-electron chi connectivity index (χ1n) is 5.79. The van der Waals surface area contributed by atoms with Gasteiger partial charge in [-0.05, 0) is 44.4 Å². The maximum absolute atomic E-state index is 6.03. The summed E-state index contributed by atoms with van der Waals surface area (Å²) in [6.45, 7) is 4.16. The number of benzene rings is 1. The molecular formula is C14H20N2. The van der Waals surface area contributed by atoms with Crippen LogP contribution in [-0.2, 0) is 13.5 Å². The van der Waals surface area contributed by atoms with Crippen LogP contribution in [0.4, 0.5) is 0 Å². The topological polar surface area (TPSA) is 30.9 Å². The summed E-state index contributed by atoms with van der Waals surface area (Å²) in [5, 5.41) is 1.36. The Bertz CT molecular complexity index is 489. The fourth-order valence-electron chi connectivity index (χ4n) is 2.04. The van der Waals surface area contributed by atoms with Crippen molar-refractivity contribution in [3.05, 3.63) is 36.0 Å². The quantitative estimate of drug-likeness (QED) is 0.840. The Balaban J connectivity index is 2.31. The number of fused-ring (bicyclic) bond motifs is 1. The van der Waals surface area contributed by atoms with E-state index in [1.807, 2.05) is 0 Å². The number of nitrogens with zero attached hydrogens (tertiary/aromatic N) is 1. The molecule has 2 aromatic rings. The molecule has 0 fully saturated rings. The van der Waals surface area contributed by atoms with Crippen LogP contribution in [0.2, 0.25) is 0 Å². The van der Waals surface area contributed by atoms with Crippen LogP contribution in [0.5, 0.6) is 0 Å². The molecule has 2 heteroatoms. The molecule has 1 aromatic heterocycles. The van der Waals surface area contributed by atoms with Gasteiger partial charge in [0, 0.05) is 29.7 Å². The van der Waals surface area contributed by atoms with E-state index in [4.69, 9.17) is 5.73 Å². The van der Waals surface area contributed by atoms with E-state index < -0.39 is 0 Å². The standard InChI is InChI=1S/C14H20N2/c1-14(2,15)9-7-11-5-4-6-13-12(11)8-10-16(13)3/h4-6,8,10H,7,9,15H2,1-3H3. The van der Waals surface area contributed by atoms with Crippen molar-refractivity contribution in [3.63, 3.8) is 0 Å². The van der Waals surface area contributed by atoms with Crippen molar-refractivity contribution in [2.24, 2.45) is 12.8 Å². The number of nitrogens with two attached hydrogens (primary N) is 1. The summed E-state index contributed by atoms with van der Waals surface area (Å²) >= 11 is 0. The maximum Gasteiger partial charge on any atom is 0.0480 e. The minimum atomic E-state index is -0.0864. The Morgan fingerprint density at radius 1 is 1.25 bits per heavy atom. The van der Waals surface area contributed by atoms with E-state index in [0.717, 1.165) is 12.8 Å². The monoisotopic (exact) mass is 216 g/mol. The Morgan fingerprint density at radius 2 is 2.00 bits per heavy atom. The normalized spacial score (nSPS) is 12.2. The van der Waals surface area contributed by atoms with Gasteiger partial charge in [0.2, 0.25) is 0 Å². The van der Waals surface area contributed by atoms with Gasteiger partial charge in [-0.1, -0.05) is 12.1 Å². The first-order valence-corrected chi connectivity index (χ1v) is 5.79. The zero-order chi connectivity index (χ0) is 11.8. The zero-order valence-corrected chi connectivity index (χ0v) is 10.3. The van der Waals surface area contributed by atoms with Gasteiger partial charge in [-0.2, -0.15) is 0 Å². The third kappa shape index (κ3) is 2.27. The highest BCUT2D eigenvalue weighted by molar-refractivity contribution is 5.83. The van der Waals surface area contributed by atoms with Crippen LogP contribution in [0.25, 0.3) is 10.9 Å². The summed E-state index contributed by atoms with van der Waals surface area (Å²) in [7, 11) is 2.08. The van der Waals surface area contributed by atoms with Crippen molar-refractivity contribution in [3.8, 4) is 0 Å². The molecule has 86 valence electrons. The van der Waals surface area contributed by atoms with E-state index in [2.05, 4.69) is 55.9 Å². The van der Waals surface area contributed by atoms with Gasteiger partial charge in [-0.15, -0.1) is 0 Å². The van der Waals surface area contributed by atoms with E-state index in [0.29, 0.717) is 0 Å². The zero-order valence-electron chi connectivity index (χ0n) is 10.3. The van der Waals surface area contributed by atoms with Crippen molar-refractivity contribution in [2.75, 3.05) is 0 Å². The fraction of sp³-hybridized carbons (Fsp3) is 0.429. The second-order valence-electron chi connectivity index (χ2n) is 5.27. The molecular weight excluding hydrogens is 196 g/mol. The molecule has 1 heterocycles. The van der Waals surface area contributed by atoms with Crippen molar-refractivity contribution in [2.45, 2.75) is 32.2 Å². The van der Waals surface area contributed by atoms with E-state index in [1.165, 1.54) is 16.5 Å². The van der Waals surface area contributed by atoms with Crippen LogP contribution in [0.15, 0.2) is 30.5 Å². The summed E-state index contributed by atoms with van der Waals surface area (Å²) in [5.74, 6) is 0. The number of aromatic nitrogens is 1. The molecule has 0 saturated carbocycles. The minimum Gasteiger partial charge on any atom is -0.351 e. The number of hydrogen-bond donors (Lipinski definition) is 1. The minimum absolute atomic E-state index is 0.0864. The van der Waals surface area contributed by atoms with Crippen molar-refractivity contribution >= 4 is 10.9 Å². The molecule has 0 amide bonds. The maximum atomic E-state index is 6.03. The van der Waals surface area contributed by atoms with Crippen molar-refractivity contribution in [1.29, 1.82) is 0 Å². The molecule has 0 radical (unpaired) electrons. The molecule has 0 unspecified atom stereocenters. The number of aryl methyl sites for hydroxylation is 2. The summed E-state index contributed by atoms with van der Waals surface area (Å²) in [6, 6.07) is 8.68. The lowest BCUT2D eigenvalue weighted by atomic mass is 9.95. The molecule has 0 atom stereocenters. The Labute approximate surface area is 97.1 Å². The smallest absolute Gasteiger partial charge is 0.0480 e. The first-order chi connectivity index (χ1) is 7.47. The lowest BCUT2D eigenvalue weighted by Crippen LogP contribution is -2.32. The summed E-state index contributed by atoms with van der Waals surface area (Å²) in [4.78, 5) is 0. The van der Waals surface area contributed by atoms with Crippen molar-refractivity contribution in [1.82, 2.24) is 4.57 Å². The number of hydrogen-bond acceptors (Lipinski definition) is 1. The third-order valence-electron chi connectivity index (χ3n) is 3.06. The fourth-order valence-corrected chi connectivity index (χ4v) is 2.04. The van der Waals surface area contributed by atoms with Crippen LogP contribution >= 0.6 is 0 Å². The predicted octanol–water partition coefficient (Wildman–Crippen LogP) is 2.85. The van der Waals surface area contributed by atoms with Gasteiger partial charge < -0.3 is 10.3 Å². The molecule has 0 aliphatic carbocycles. The van der Waals surface area contributed by atoms with Gasteiger partial charge in [0.05, 0.1) is 0 Å². The van der Waals surface area contributed by atoms with Crippen molar-refractivity contribution < 1.29 is 0 Å². The van der Waals surface area contributed by atoms with Gasteiger partial charge in [-0.25, -0.2) is 0 Å². The van der Waals surface area contributed by atoms with E-state index in [9.17, 15) is 0 Å². The lowest BCUT2D eigenvalue weighted by molar-refractivity contribution is 0.477. The summed E-state index contributed by atoms with van der Waals surface area (Å²) < 4.78 is 2.16. The van der Waals surface area contributed by atoms with E-state index in [1.54, 1.807) is 0 Å². The van der Waals surface area contributed by atoms with Crippen LogP contribution in [0.1, 0.15) is 25.8 Å². The van der Waals surface area contributed by atoms with Crippen LogP contribution in [0.3, 0.4) is 0 Å². The Hall–Kier alpha value is -1.28. The molecule has 0 spiro atoms. The van der Waals surface area contributed by atoms with Gasteiger partial charge in [0.1, 0.15) is 0 Å². The number of rotatable bonds is 3. The summed E-state index contributed by atoms with van der Waals surface area (Å²) in [5.41, 5.74) is 8.64. The second kappa shape index (κ2) is 3.95. The summed E-state index contributed by atoms with van der Waals surface area (Å²) in [6.07, 6.45) is 4.17. The average Bonchev–Trinajstić information content (AvgIpc) is 2.57. The Kier molecular flexibility index (Phi) is 2.76. The second-order valence-corrected chi connectivity index (χ2v) is 5.27. The highest BCUT2D eigenvalue weighted by atomic mass is 14.9. The molecule has 2 N–H and O–H groups in total. The van der Waals surface area contributed by atoms with E-state index >= 15 is 0 Å². The highest BCUT2D eigenvalue weighted by Gasteiger charge is 2.12. The lowest BCUT2D eigenvalue weighted by Gasteiger charge is -2.18. The van der Waals surface area contributed by atoms with Crippen LogP contribution in [0, 0.1) is 0 Å². The van der Waals surface area contributed by atoms with Crippen LogP contribution in [-0.4, -0.2) is 10.1 Å². The molecule has 16 heavy (non-hydrogen) atoms. The molecule has 0 bridgehead atoms. The molecule has 0 aliphatic rings. The SMILES string of the molecule is Cn1ccc2c(CCC(C)(C)N)cccc21. The predicted molar refractivity (Wildman–Crippen MR) is 69.5 cm³/mol. The van der Waals surface area contributed by atoms with Gasteiger partial charge in [0.25, 0.3) is 0 Å². The molecule has 0 aliphatic heterocycles. The van der Waals surface area contributed by atoms with Gasteiger partial charge in [0.15, 0.2) is 0 Å². The van der Waals surface area contributed by atoms with E-state index in [-0.39, 0.29) is 5.54 Å². The van der Waals surface area contributed by atoms with Crippen LogP contribution < -0.4 is 5.73 Å². The molecule has 1 aromatic carbocycles. The Morgan fingerprint density at radius 3 is 2.69 bits per heavy atom. The average molecular weight is 216 g/mol. The largest absolute Gasteiger partial charge is 0.351 e. The van der Waals surface area contributed by atoms with Gasteiger partial charge in [-0.3, -0.25) is 0 Å².